The molecule has 5 heterocycles. The SMILES string of the molecule is CN(C)CCOc1cc(F)cc(-c2cncc3[nH]c(-c4n[nH]c5ncc(-c6cncnc6)cc45)cc23)c1. The third-order valence-corrected chi connectivity index (χ3v) is 6.10. The van der Waals surface area contributed by atoms with Crippen LogP contribution in [-0.4, -0.2) is 67.3 Å². The second kappa shape index (κ2) is 9.40. The number of hydrogen-bond donors (Lipinski definition) is 2. The number of fused-ring (bicyclic) bond motifs is 2. The quantitative estimate of drug-likeness (QED) is 0.331. The van der Waals surface area contributed by atoms with Gasteiger partial charge in [0.1, 0.15) is 30.2 Å². The number of nitrogens with zero attached hydrogens (tertiary/aromatic N) is 6. The van der Waals surface area contributed by atoms with Gasteiger partial charge in [0, 0.05) is 64.9 Å². The summed E-state index contributed by atoms with van der Waals surface area (Å²) in [7, 11) is 3.93. The van der Waals surface area contributed by atoms with Crippen molar-refractivity contribution in [2.45, 2.75) is 0 Å². The van der Waals surface area contributed by atoms with Crippen LogP contribution in [-0.2, 0) is 0 Å². The molecule has 0 fully saturated rings. The molecule has 1 aromatic carbocycles. The zero-order chi connectivity index (χ0) is 25.4. The first kappa shape index (κ1) is 22.7. The van der Waals surface area contributed by atoms with Gasteiger partial charge < -0.3 is 14.6 Å². The van der Waals surface area contributed by atoms with Gasteiger partial charge in [-0.25, -0.2) is 19.3 Å². The molecule has 0 unspecified atom stereocenters. The molecule has 9 nitrogen and oxygen atoms in total. The van der Waals surface area contributed by atoms with Crippen LogP contribution in [0.15, 0.2) is 67.6 Å². The number of H-pyrrole nitrogens is 2. The second-order valence-electron chi connectivity index (χ2n) is 8.98. The van der Waals surface area contributed by atoms with Crippen LogP contribution < -0.4 is 4.74 Å². The molecule has 6 rings (SSSR count). The van der Waals surface area contributed by atoms with Crippen molar-refractivity contribution >= 4 is 21.9 Å². The van der Waals surface area contributed by atoms with E-state index >= 15 is 0 Å². The fourth-order valence-corrected chi connectivity index (χ4v) is 4.27. The van der Waals surface area contributed by atoms with Crippen LogP contribution in [0.3, 0.4) is 0 Å². The minimum absolute atomic E-state index is 0.369. The molecule has 37 heavy (non-hydrogen) atoms. The van der Waals surface area contributed by atoms with E-state index in [1.165, 1.54) is 18.5 Å². The molecule has 0 aliphatic carbocycles. The Balaban J connectivity index is 1.41. The maximum atomic E-state index is 14.5. The van der Waals surface area contributed by atoms with Gasteiger partial charge in [0.15, 0.2) is 5.65 Å². The van der Waals surface area contributed by atoms with Crippen LogP contribution in [0.25, 0.3) is 55.6 Å². The van der Waals surface area contributed by atoms with Gasteiger partial charge in [0.2, 0.25) is 0 Å². The van der Waals surface area contributed by atoms with Crippen molar-refractivity contribution in [3.05, 3.63) is 73.5 Å². The fraction of sp³-hybridized carbons (Fsp3) is 0.148. The van der Waals surface area contributed by atoms with E-state index in [0.717, 1.165) is 50.9 Å². The number of benzene rings is 1. The molecule has 0 spiro atoms. The molecule has 0 radical (unpaired) electrons. The summed E-state index contributed by atoms with van der Waals surface area (Å²) in [6, 6.07) is 8.73. The summed E-state index contributed by atoms with van der Waals surface area (Å²) in [5, 5.41) is 9.27. The van der Waals surface area contributed by atoms with Crippen LogP contribution in [0.1, 0.15) is 0 Å². The van der Waals surface area contributed by atoms with Crippen LogP contribution in [0.4, 0.5) is 4.39 Å². The first-order valence-corrected chi connectivity index (χ1v) is 11.7. The van der Waals surface area contributed by atoms with E-state index in [1.54, 1.807) is 31.0 Å². The standard InChI is InChI=1S/C27H23FN8O/c1-36(2)3-4-37-20-6-16(5-19(28)8-20)23-13-29-14-25-21(23)9-24(33-25)26-22-7-17(12-32-27(22)35-34-26)18-10-30-15-31-11-18/h5-15,33H,3-4H2,1-2H3,(H,32,34,35). The van der Waals surface area contributed by atoms with Crippen molar-refractivity contribution < 1.29 is 9.13 Å². The first-order valence-electron chi connectivity index (χ1n) is 11.7. The Labute approximate surface area is 211 Å². The highest BCUT2D eigenvalue weighted by Crippen LogP contribution is 2.35. The zero-order valence-electron chi connectivity index (χ0n) is 20.2. The van der Waals surface area contributed by atoms with Crippen molar-refractivity contribution in [1.82, 2.24) is 40.0 Å². The van der Waals surface area contributed by atoms with E-state index in [-0.39, 0.29) is 5.82 Å². The van der Waals surface area contributed by atoms with Crippen molar-refractivity contribution in [2.75, 3.05) is 27.2 Å². The molecule has 0 aliphatic heterocycles. The minimum atomic E-state index is -0.369. The van der Waals surface area contributed by atoms with E-state index in [0.29, 0.717) is 23.6 Å². The lowest BCUT2D eigenvalue weighted by atomic mass is 10.0. The van der Waals surface area contributed by atoms with Gasteiger partial charge in [-0.2, -0.15) is 5.10 Å². The van der Waals surface area contributed by atoms with Gasteiger partial charge in [0.05, 0.1) is 17.4 Å². The molecule has 0 saturated carbocycles. The van der Waals surface area contributed by atoms with Gasteiger partial charge >= 0.3 is 0 Å². The molecule has 5 aromatic heterocycles. The van der Waals surface area contributed by atoms with Gasteiger partial charge in [-0.1, -0.05) is 0 Å². The summed E-state index contributed by atoms with van der Waals surface area (Å²) in [5.41, 5.74) is 6.20. The summed E-state index contributed by atoms with van der Waals surface area (Å²) in [4.78, 5) is 22.5. The number of likely N-dealkylation sites (N-methyl/N-ethyl adjacent to an activating group) is 1. The van der Waals surface area contributed by atoms with Crippen LogP contribution in [0, 0.1) is 5.82 Å². The Hall–Kier alpha value is -4.70. The average molecular weight is 495 g/mol. The van der Waals surface area contributed by atoms with Crippen molar-refractivity contribution in [3.8, 4) is 39.4 Å². The molecule has 0 saturated heterocycles. The highest BCUT2D eigenvalue weighted by Gasteiger charge is 2.16. The largest absolute Gasteiger partial charge is 0.492 e. The third-order valence-electron chi connectivity index (χ3n) is 6.10. The fourth-order valence-electron chi connectivity index (χ4n) is 4.27. The monoisotopic (exact) mass is 494 g/mol. The number of ether oxygens (including phenoxy) is 1. The number of aromatic amines is 2. The molecule has 0 atom stereocenters. The Kier molecular flexibility index (Phi) is 5.78. The number of hydrogen-bond acceptors (Lipinski definition) is 7. The zero-order valence-corrected chi connectivity index (χ0v) is 20.2. The third kappa shape index (κ3) is 4.50. The summed E-state index contributed by atoms with van der Waals surface area (Å²) in [6.45, 7) is 1.19. The van der Waals surface area contributed by atoms with Gasteiger partial charge in [-0.3, -0.25) is 10.1 Å². The number of halogens is 1. The minimum Gasteiger partial charge on any atom is -0.492 e. The number of pyridine rings is 2. The Bertz CT molecular complexity index is 1710. The predicted molar refractivity (Wildman–Crippen MR) is 139 cm³/mol. The lowest BCUT2D eigenvalue weighted by Crippen LogP contribution is -2.19. The lowest BCUT2D eigenvalue weighted by Gasteiger charge is -2.12. The Morgan fingerprint density at radius 2 is 1.73 bits per heavy atom. The molecule has 6 aromatic rings. The maximum absolute atomic E-state index is 14.5. The van der Waals surface area contributed by atoms with Crippen molar-refractivity contribution in [1.29, 1.82) is 0 Å². The van der Waals surface area contributed by atoms with Crippen LogP contribution >= 0.6 is 0 Å². The average Bonchev–Trinajstić information content (AvgIpc) is 3.52. The number of rotatable bonds is 7. The lowest BCUT2D eigenvalue weighted by molar-refractivity contribution is 0.260. The number of nitrogens with one attached hydrogen (secondary N) is 2. The van der Waals surface area contributed by atoms with Gasteiger partial charge in [-0.05, 0) is 43.9 Å². The van der Waals surface area contributed by atoms with Crippen LogP contribution in [0.2, 0.25) is 0 Å². The van der Waals surface area contributed by atoms with E-state index in [2.05, 4.69) is 35.1 Å². The van der Waals surface area contributed by atoms with E-state index in [9.17, 15) is 4.39 Å². The molecule has 10 heteroatoms. The van der Waals surface area contributed by atoms with Crippen LogP contribution in [0.5, 0.6) is 5.75 Å². The molecule has 0 aliphatic rings. The Morgan fingerprint density at radius 1 is 0.865 bits per heavy atom. The Morgan fingerprint density at radius 3 is 2.57 bits per heavy atom. The summed E-state index contributed by atoms with van der Waals surface area (Å²) < 4.78 is 20.3. The highest BCUT2D eigenvalue weighted by molar-refractivity contribution is 6.00. The molecular weight excluding hydrogens is 471 g/mol. The second-order valence-corrected chi connectivity index (χ2v) is 8.98. The van der Waals surface area contributed by atoms with Crippen molar-refractivity contribution in [2.24, 2.45) is 0 Å². The summed E-state index contributed by atoms with van der Waals surface area (Å²) >= 11 is 0. The summed E-state index contributed by atoms with van der Waals surface area (Å²) in [5.74, 6) is 0.110. The topological polar surface area (TPSA) is 108 Å². The molecule has 2 N–H and O–H groups in total. The number of aromatic nitrogens is 7. The molecular formula is C27H23FN8O. The molecule has 184 valence electrons. The maximum Gasteiger partial charge on any atom is 0.155 e. The van der Waals surface area contributed by atoms with E-state index in [1.807, 2.05) is 37.2 Å². The molecule has 0 bridgehead atoms. The highest BCUT2D eigenvalue weighted by atomic mass is 19.1. The van der Waals surface area contributed by atoms with E-state index in [4.69, 9.17) is 4.74 Å². The molecule has 0 amide bonds. The smallest absolute Gasteiger partial charge is 0.155 e. The van der Waals surface area contributed by atoms with Gasteiger partial charge in [-0.15, -0.1) is 0 Å². The first-order chi connectivity index (χ1) is 18.0. The normalized spacial score (nSPS) is 11.6. The summed E-state index contributed by atoms with van der Waals surface area (Å²) in [6.07, 6.45) is 10.2. The van der Waals surface area contributed by atoms with Crippen molar-refractivity contribution in [3.63, 3.8) is 0 Å². The van der Waals surface area contributed by atoms with Gasteiger partial charge in [0.25, 0.3) is 0 Å². The predicted octanol–water partition coefficient (Wildman–Crippen LogP) is 4.70. The van der Waals surface area contributed by atoms with E-state index < -0.39 is 0 Å².